The van der Waals surface area contributed by atoms with Crippen LogP contribution in [0.1, 0.15) is 20.7 Å². The highest BCUT2D eigenvalue weighted by molar-refractivity contribution is 7.16. The number of thiazole rings is 1. The van der Waals surface area contributed by atoms with Gasteiger partial charge in [0.1, 0.15) is 5.00 Å². The molecule has 2 aromatic heterocycles. The lowest BCUT2D eigenvalue weighted by Gasteiger charge is -2.04. The minimum absolute atomic E-state index is 0.0993. The van der Waals surface area contributed by atoms with E-state index in [2.05, 4.69) is 10.3 Å². The normalized spacial score (nSPS) is 10.6. The van der Waals surface area contributed by atoms with E-state index >= 15 is 0 Å². The summed E-state index contributed by atoms with van der Waals surface area (Å²) in [5.74, 6) is -1.38. The zero-order valence-corrected chi connectivity index (χ0v) is 11.6. The SMILES string of the molecule is O=C(Nc1sccc1C(=O)O)c1ccc2ncsc2c1. The van der Waals surface area contributed by atoms with Crippen molar-refractivity contribution in [1.82, 2.24) is 4.98 Å². The summed E-state index contributed by atoms with van der Waals surface area (Å²) in [6.45, 7) is 0. The Kier molecular flexibility index (Phi) is 3.21. The Morgan fingerprint density at radius 1 is 1.20 bits per heavy atom. The van der Waals surface area contributed by atoms with Crippen molar-refractivity contribution in [2.24, 2.45) is 0 Å². The molecule has 0 saturated carbocycles. The summed E-state index contributed by atoms with van der Waals surface area (Å²) >= 11 is 2.64. The molecule has 0 atom stereocenters. The molecule has 0 saturated heterocycles. The molecule has 1 aromatic carbocycles. The van der Waals surface area contributed by atoms with Crippen LogP contribution in [0, 0.1) is 0 Å². The minimum atomic E-state index is -1.06. The van der Waals surface area contributed by atoms with Crippen LogP contribution in [-0.2, 0) is 0 Å². The lowest BCUT2D eigenvalue weighted by molar-refractivity contribution is 0.0698. The van der Waals surface area contributed by atoms with Gasteiger partial charge in [0.25, 0.3) is 5.91 Å². The van der Waals surface area contributed by atoms with Crippen LogP contribution in [0.3, 0.4) is 0 Å². The van der Waals surface area contributed by atoms with Gasteiger partial charge in [-0.15, -0.1) is 22.7 Å². The van der Waals surface area contributed by atoms with Crippen molar-refractivity contribution < 1.29 is 14.7 Å². The highest BCUT2D eigenvalue weighted by atomic mass is 32.1. The standard InChI is InChI=1S/C13H8N2O3S2/c16-11(15-12-8(13(17)18)3-4-19-12)7-1-2-9-10(5-7)20-6-14-9/h1-6H,(H,15,16)(H,17,18). The van der Waals surface area contributed by atoms with E-state index in [0.29, 0.717) is 10.6 Å². The van der Waals surface area contributed by atoms with Crippen LogP contribution in [-0.4, -0.2) is 22.0 Å². The second-order valence-corrected chi connectivity index (χ2v) is 5.76. The first-order valence-electron chi connectivity index (χ1n) is 5.60. The highest BCUT2D eigenvalue weighted by Gasteiger charge is 2.15. The maximum absolute atomic E-state index is 12.1. The third-order valence-electron chi connectivity index (χ3n) is 2.72. The number of carboxylic acids is 1. The number of thiophene rings is 1. The molecule has 0 aliphatic rings. The molecular formula is C13H8N2O3S2. The van der Waals surface area contributed by atoms with Gasteiger partial charge in [-0.1, -0.05) is 0 Å². The third-order valence-corrected chi connectivity index (χ3v) is 4.34. The zero-order chi connectivity index (χ0) is 14.1. The van der Waals surface area contributed by atoms with Gasteiger partial charge in [0.2, 0.25) is 0 Å². The molecule has 0 unspecified atom stereocenters. The summed E-state index contributed by atoms with van der Waals surface area (Å²) < 4.78 is 0.919. The molecule has 1 amide bonds. The number of hydrogen-bond acceptors (Lipinski definition) is 5. The molecule has 3 rings (SSSR count). The topological polar surface area (TPSA) is 79.3 Å². The van der Waals surface area contributed by atoms with E-state index in [1.807, 2.05) is 0 Å². The van der Waals surface area contributed by atoms with Crippen molar-refractivity contribution in [3.8, 4) is 0 Å². The number of carbonyl (C=O) groups excluding carboxylic acids is 1. The number of nitrogens with zero attached hydrogens (tertiary/aromatic N) is 1. The smallest absolute Gasteiger partial charge is 0.338 e. The Morgan fingerprint density at radius 2 is 2.05 bits per heavy atom. The van der Waals surface area contributed by atoms with Gasteiger partial charge in [-0.3, -0.25) is 4.79 Å². The zero-order valence-electron chi connectivity index (χ0n) is 9.99. The number of fused-ring (bicyclic) bond motifs is 1. The molecule has 0 fully saturated rings. The first kappa shape index (κ1) is 12.8. The Balaban J connectivity index is 1.88. The Bertz CT molecular complexity index is 807. The van der Waals surface area contributed by atoms with Crippen LogP contribution in [0.5, 0.6) is 0 Å². The molecule has 2 N–H and O–H groups in total. The maximum atomic E-state index is 12.1. The molecule has 3 aromatic rings. The molecule has 100 valence electrons. The molecule has 0 radical (unpaired) electrons. The summed E-state index contributed by atoms with van der Waals surface area (Å²) in [6.07, 6.45) is 0. The van der Waals surface area contributed by atoms with Crippen molar-refractivity contribution in [3.63, 3.8) is 0 Å². The van der Waals surface area contributed by atoms with Gasteiger partial charge in [-0.25, -0.2) is 9.78 Å². The average molecular weight is 304 g/mol. The number of benzene rings is 1. The van der Waals surface area contributed by atoms with Crippen LogP contribution in [0.2, 0.25) is 0 Å². The first-order chi connectivity index (χ1) is 9.65. The number of nitrogens with one attached hydrogen (secondary N) is 1. The molecule has 5 nitrogen and oxygen atoms in total. The maximum Gasteiger partial charge on any atom is 0.338 e. The van der Waals surface area contributed by atoms with Gasteiger partial charge in [0.05, 0.1) is 21.3 Å². The van der Waals surface area contributed by atoms with E-state index in [1.54, 1.807) is 29.1 Å². The fourth-order valence-electron chi connectivity index (χ4n) is 1.75. The van der Waals surface area contributed by atoms with Crippen LogP contribution in [0.4, 0.5) is 5.00 Å². The quantitative estimate of drug-likeness (QED) is 0.778. The van der Waals surface area contributed by atoms with Crippen molar-refractivity contribution in [3.05, 3.63) is 46.3 Å². The van der Waals surface area contributed by atoms with E-state index in [9.17, 15) is 9.59 Å². The van der Waals surface area contributed by atoms with Gasteiger partial charge in [0.15, 0.2) is 0 Å². The van der Waals surface area contributed by atoms with Crippen LogP contribution < -0.4 is 5.32 Å². The Morgan fingerprint density at radius 3 is 2.85 bits per heavy atom. The van der Waals surface area contributed by atoms with Crippen molar-refractivity contribution >= 4 is 49.8 Å². The summed E-state index contributed by atoms with van der Waals surface area (Å²) in [6, 6.07) is 6.66. The van der Waals surface area contributed by atoms with Gasteiger partial charge < -0.3 is 10.4 Å². The monoisotopic (exact) mass is 304 g/mol. The molecule has 0 aliphatic heterocycles. The Labute approximate surface area is 121 Å². The average Bonchev–Trinajstić information content (AvgIpc) is 3.05. The van der Waals surface area contributed by atoms with E-state index in [4.69, 9.17) is 5.11 Å². The summed E-state index contributed by atoms with van der Waals surface area (Å²) in [4.78, 5) is 27.3. The van der Waals surface area contributed by atoms with Crippen LogP contribution >= 0.6 is 22.7 Å². The molecule has 7 heteroatoms. The summed E-state index contributed by atoms with van der Waals surface area (Å²) in [7, 11) is 0. The second kappa shape index (κ2) is 5.03. The predicted molar refractivity (Wildman–Crippen MR) is 78.9 cm³/mol. The fraction of sp³-hybridized carbons (Fsp3) is 0. The fourth-order valence-corrected chi connectivity index (χ4v) is 3.24. The lowest BCUT2D eigenvalue weighted by Crippen LogP contribution is -2.13. The first-order valence-corrected chi connectivity index (χ1v) is 7.36. The molecule has 2 heterocycles. The van der Waals surface area contributed by atoms with E-state index in [1.165, 1.54) is 28.7 Å². The van der Waals surface area contributed by atoms with Crippen LogP contribution in [0.15, 0.2) is 35.2 Å². The van der Waals surface area contributed by atoms with Crippen molar-refractivity contribution in [2.45, 2.75) is 0 Å². The third kappa shape index (κ3) is 2.28. The van der Waals surface area contributed by atoms with Crippen molar-refractivity contribution in [1.29, 1.82) is 0 Å². The number of rotatable bonds is 3. The van der Waals surface area contributed by atoms with Crippen molar-refractivity contribution in [2.75, 3.05) is 5.32 Å². The van der Waals surface area contributed by atoms with Gasteiger partial charge in [-0.05, 0) is 29.6 Å². The largest absolute Gasteiger partial charge is 0.478 e. The number of aromatic nitrogens is 1. The number of aromatic carboxylic acids is 1. The number of carbonyl (C=O) groups is 2. The predicted octanol–water partition coefficient (Wildman–Crippen LogP) is 3.31. The number of hydrogen-bond donors (Lipinski definition) is 2. The molecule has 0 spiro atoms. The lowest BCUT2D eigenvalue weighted by atomic mass is 10.2. The van der Waals surface area contributed by atoms with Gasteiger partial charge in [0, 0.05) is 5.56 Å². The molecule has 0 bridgehead atoms. The summed E-state index contributed by atoms with van der Waals surface area (Å²) in [5.41, 5.74) is 3.14. The number of anilines is 1. The Hall–Kier alpha value is -2.25. The van der Waals surface area contributed by atoms with Gasteiger partial charge >= 0.3 is 5.97 Å². The van der Waals surface area contributed by atoms with E-state index in [0.717, 1.165) is 10.2 Å². The van der Waals surface area contributed by atoms with Gasteiger partial charge in [-0.2, -0.15) is 0 Å². The molecule has 0 aliphatic carbocycles. The molecular weight excluding hydrogens is 296 g/mol. The summed E-state index contributed by atoms with van der Waals surface area (Å²) in [5, 5.41) is 13.6. The minimum Gasteiger partial charge on any atom is -0.478 e. The number of amides is 1. The van der Waals surface area contributed by atoms with E-state index in [-0.39, 0.29) is 11.5 Å². The highest BCUT2D eigenvalue weighted by Crippen LogP contribution is 2.25. The molecule has 20 heavy (non-hydrogen) atoms. The van der Waals surface area contributed by atoms with E-state index < -0.39 is 5.97 Å². The number of carboxylic acid groups (broad SMARTS) is 1. The van der Waals surface area contributed by atoms with Crippen LogP contribution in [0.25, 0.3) is 10.2 Å². The second-order valence-electron chi connectivity index (χ2n) is 3.96.